The van der Waals surface area contributed by atoms with Gasteiger partial charge in [-0.3, -0.25) is 10.1 Å². The van der Waals surface area contributed by atoms with Crippen LogP contribution in [0.5, 0.6) is 0 Å². The fourth-order valence-corrected chi connectivity index (χ4v) is 4.17. The molecule has 1 aliphatic carbocycles. The SMILES string of the molecule is Cc1noc2nc(C3CC3)cc(C(=O)Nc3nc4cc(C(F)(F)F)ccc4n3Cc3ccco3)c12. The van der Waals surface area contributed by atoms with E-state index in [4.69, 9.17) is 8.94 Å². The number of halogens is 3. The molecule has 8 nitrogen and oxygen atoms in total. The van der Waals surface area contributed by atoms with Crippen molar-refractivity contribution in [2.24, 2.45) is 0 Å². The first-order valence-corrected chi connectivity index (χ1v) is 11.0. The van der Waals surface area contributed by atoms with Crippen LogP contribution in [0.25, 0.3) is 22.1 Å². The van der Waals surface area contributed by atoms with Crippen LogP contribution in [-0.4, -0.2) is 25.6 Å². The Bertz CT molecular complexity index is 1580. The average Bonchev–Trinajstić information content (AvgIpc) is 3.27. The van der Waals surface area contributed by atoms with Crippen LogP contribution in [0.15, 0.2) is 51.6 Å². The molecule has 1 amide bonds. The number of furan rings is 1. The van der Waals surface area contributed by atoms with Crippen molar-refractivity contribution < 1.29 is 26.9 Å². The number of alkyl halides is 3. The number of nitrogens with one attached hydrogen (secondary N) is 1. The minimum atomic E-state index is -4.52. The molecule has 0 saturated heterocycles. The number of aromatic nitrogens is 4. The van der Waals surface area contributed by atoms with E-state index in [2.05, 4.69) is 20.4 Å². The molecule has 0 spiro atoms. The van der Waals surface area contributed by atoms with Crippen molar-refractivity contribution in [2.45, 2.75) is 38.4 Å². The fourth-order valence-electron chi connectivity index (χ4n) is 4.17. The van der Waals surface area contributed by atoms with Crippen molar-refractivity contribution in [3.05, 3.63) is 70.9 Å². The first kappa shape index (κ1) is 21.4. The second-order valence-corrected chi connectivity index (χ2v) is 8.57. The Morgan fingerprint density at radius 2 is 2.03 bits per heavy atom. The van der Waals surface area contributed by atoms with Crippen LogP contribution in [0, 0.1) is 6.92 Å². The summed E-state index contributed by atoms with van der Waals surface area (Å²) in [6.45, 7) is 1.88. The van der Waals surface area contributed by atoms with Gasteiger partial charge < -0.3 is 13.5 Å². The number of aryl methyl sites for hydroxylation is 1. The maximum Gasteiger partial charge on any atom is 0.416 e. The molecule has 35 heavy (non-hydrogen) atoms. The molecule has 1 saturated carbocycles. The van der Waals surface area contributed by atoms with Crippen molar-refractivity contribution in [3.8, 4) is 0 Å². The van der Waals surface area contributed by atoms with Crippen LogP contribution in [0.3, 0.4) is 0 Å². The standard InChI is InChI=1S/C24H18F3N5O3/c1-12-20-16(10-17(13-4-5-13)28-22(20)35-31-12)21(33)30-23-29-18-9-14(24(25,26)27)6-7-19(18)32(23)11-15-3-2-8-34-15/h2-3,6-10,13H,4-5,11H2,1H3,(H,29,30,33). The molecule has 0 radical (unpaired) electrons. The highest BCUT2D eigenvalue weighted by molar-refractivity contribution is 6.12. The molecular formula is C24H18F3N5O3. The van der Waals surface area contributed by atoms with E-state index in [1.165, 1.54) is 12.3 Å². The number of pyridine rings is 1. The zero-order valence-electron chi connectivity index (χ0n) is 18.4. The molecule has 4 aromatic heterocycles. The fraction of sp³-hybridized carbons (Fsp3) is 0.250. The van der Waals surface area contributed by atoms with Gasteiger partial charge in [0.15, 0.2) is 0 Å². The summed E-state index contributed by atoms with van der Waals surface area (Å²) in [5, 5.41) is 7.21. The third kappa shape index (κ3) is 3.82. The van der Waals surface area contributed by atoms with Crippen LogP contribution < -0.4 is 5.32 Å². The molecule has 1 fully saturated rings. The summed E-state index contributed by atoms with van der Waals surface area (Å²) in [5.41, 5.74) is 1.55. The van der Waals surface area contributed by atoms with Crippen molar-refractivity contribution >= 4 is 34.0 Å². The topological polar surface area (TPSA) is 99.0 Å². The summed E-state index contributed by atoms with van der Waals surface area (Å²) in [6.07, 6.45) is -1.06. The van der Waals surface area contributed by atoms with Gasteiger partial charge in [-0.05, 0) is 56.2 Å². The van der Waals surface area contributed by atoms with E-state index < -0.39 is 17.6 Å². The summed E-state index contributed by atoms with van der Waals surface area (Å²) in [7, 11) is 0. The van der Waals surface area contributed by atoms with Crippen LogP contribution in [0.2, 0.25) is 0 Å². The predicted octanol–water partition coefficient (Wildman–Crippen LogP) is 5.67. The van der Waals surface area contributed by atoms with Gasteiger partial charge in [0.05, 0.1) is 46.0 Å². The van der Waals surface area contributed by atoms with E-state index in [9.17, 15) is 18.0 Å². The molecule has 4 heterocycles. The van der Waals surface area contributed by atoms with Gasteiger partial charge in [-0.25, -0.2) is 9.97 Å². The zero-order valence-corrected chi connectivity index (χ0v) is 18.4. The Balaban J connectivity index is 1.44. The second-order valence-electron chi connectivity index (χ2n) is 8.57. The molecule has 1 N–H and O–H groups in total. The Morgan fingerprint density at radius 1 is 1.20 bits per heavy atom. The summed E-state index contributed by atoms with van der Waals surface area (Å²) in [4.78, 5) is 22.3. The number of carbonyl (C=O) groups excluding carboxylic acids is 1. The third-order valence-electron chi connectivity index (χ3n) is 6.07. The molecule has 1 aliphatic rings. The number of carbonyl (C=O) groups is 1. The van der Waals surface area contributed by atoms with Gasteiger partial charge in [-0.2, -0.15) is 13.2 Å². The van der Waals surface area contributed by atoms with E-state index >= 15 is 0 Å². The van der Waals surface area contributed by atoms with Gasteiger partial charge in [0, 0.05) is 11.6 Å². The number of nitrogens with zero attached hydrogens (tertiary/aromatic N) is 4. The Hall–Kier alpha value is -4.15. The summed E-state index contributed by atoms with van der Waals surface area (Å²) in [6, 6.07) is 8.45. The van der Waals surface area contributed by atoms with E-state index in [1.54, 1.807) is 29.7 Å². The normalized spacial score (nSPS) is 14.2. The molecular weight excluding hydrogens is 463 g/mol. The van der Waals surface area contributed by atoms with E-state index in [-0.39, 0.29) is 29.6 Å². The van der Waals surface area contributed by atoms with Crippen LogP contribution >= 0.6 is 0 Å². The minimum absolute atomic E-state index is 0.0905. The van der Waals surface area contributed by atoms with Crippen molar-refractivity contribution in [1.29, 1.82) is 0 Å². The van der Waals surface area contributed by atoms with Gasteiger partial charge in [0.1, 0.15) is 5.76 Å². The number of anilines is 1. The lowest BCUT2D eigenvalue weighted by Gasteiger charge is -2.10. The highest BCUT2D eigenvalue weighted by atomic mass is 19.4. The maximum atomic E-state index is 13.5. The Kier molecular flexibility index (Phi) is 4.70. The first-order chi connectivity index (χ1) is 16.8. The van der Waals surface area contributed by atoms with E-state index in [1.807, 2.05) is 0 Å². The number of fused-ring (bicyclic) bond motifs is 2. The quantitative estimate of drug-likeness (QED) is 0.347. The molecule has 0 unspecified atom stereocenters. The minimum Gasteiger partial charge on any atom is -0.467 e. The maximum absolute atomic E-state index is 13.5. The molecule has 6 rings (SSSR count). The Morgan fingerprint density at radius 3 is 2.74 bits per heavy atom. The number of hydrogen-bond acceptors (Lipinski definition) is 6. The lowest BCUT2D eigenvalue weighted by Crippen LogP contribution is -2.17. The first-order valence-electron chi connectivity index (χ1n) is 11.0. The molecule has 0 bridgehead atoms. The second kappa shape index (κ2) is 7.69. The van der Waals surface area contributed by atoms with E-state index in [0.29, 0.717) is 27.9 Å². The van der Waals surface area contributed by atoms with Gasteiger partial charge in [-0.15, -0.1) is 0 Å². The molecule has 5 aromatic rings. The Labute approximate surface area is 195 Å². The van der Waals surface area contributed by atoms with Gasteiger partial charge in [0.25, 0.3) is 11.6 Å². The van der Waals surface area contributed by atoms with Crippen LogP contribution in [-0.2, 0) is 12.7 Å². The van der Waals surface area contributed by atoms with Crippen molar-refractivity contribution in [1.82, 2.24) is 19.7 Å². The van der Waals surface area contributed by atoms with Crippen molar-refractivity contribution in [2.75, 3.05) is 5.32 Å². The molecule has 0 aliphatic heterocycles. The van der Waals surface area contributed by atoms with Gasteiger partial charge >= 0.3 is 6.18 Å². The molecule has 11 heteroatoms. The molecule has 178 valence electrons. The number of amides is 1. The number of rotatable bonds is 5. The highest BCUT2D eigenvalue weighted by Crippen LogP contribution is 2.40. The largest absolute Gasteiger partial charge is 0.467 e. The summed E-state index contributed by atoms with van der Waals surface area (Å²) in [5.74, 6) is 0.419. The smallest absolute Gasteiger partial charge is 0.416 e. The highest BCUT2D eigenvalue weighted by Gasteiger charge is 2.32. The van der Waals surface area contributed by atoms with Crippen LogP contribution in [0.4, 0.5) is 19.1 Å². The van der Waals surface area contributed by atoms with Crippen LogP contribution in [0.1, 0.15) is 51.8 Å². The third-order valence-corrected chi connectivity index (χ3v) is 6.07. The lowest BCUT2D eigenvalue weighted by molar-refractivity contribution is -0.137. The summed E-state index contributed by atoms with van der Waals surface area (Å²) >= 11 is 0. The van der Waals surface area contributed by atoms with E-state index in [0.717, 1.165) is 30.7 Å². The zero-order chi connectivity index (χ0) is 24.3. The van der Waals surface area contributed by atoms with Crippen molar-refractivity contribution in [3.63, 3.8) is 0 Å². The van der Waals surface area contributed by atoms with Gasteiger partial charge in [0.2, 0.25) is 5.95 Å². The monoisotopic (exact) mass is 481 g/mol. The molecule has 0 atom stereocenters. The number of imidazole rings is 1. The number of benzene rings is 1. The number of hydrogen-bond donors (Lipinski definition) is 1. The predicted molar refractivity (Wildman–Crippen MR) is 119 cm³/mol. The lowest BCUT2D eigenvalue weighted by atomic mass is 10.1. The van der Waals surface area contributed by atoms with Gasteiger partial charge in [-0.1, -0.05) is 5.16 Å². The molecule has 1 aromatic carbocycles. The summed E-state index contributed by atoms with van der Waals surface area (Å²) < 4.78 is 52.2. The average molecular weight is 481 g/mol.